The fourth-order valence-corrected chi connectivity index (χ4v) is 4.17. The lowest BCUT2D eigenvalue weighted by molar-refractivity contribution is 0.631. The number of hydrogen-bond donors (Lipinski definition) is 3. The van der Waals surface area contributed by atoms with Crippen molar-refractivity contribution in [2.45, 2.75) is 19.9 Å². The number of rotatable bonds is 5. The molecule has 172 valence electrons. The zero-order valence-electron chi connectivity index (χ0n) is 19.0. The summed E-state index contributed by atoms with van der Waals surface area (Å²) in [5.74, 6) is 0.220. The van der Waals surface area contributed by atoms with Crippen LogP contribution < -0.4 is 5.32 Å². The van der Waals surface area contributed by atoms with Crippen molar-refractivity contribution in [3.8, 4) is 33.8 Å². The van der Waals surface area contributed by atoms with Gasteiger partial charge in [0, 0.05) is 53.1 Å². The predicted octanol–water partition coefficient (Wildman–Crippen LogP) is 5.58. The topological polar surface area (TPSA) is 108 Å². The average Bonchev–Trinajstić information content (AvgIpc) is 3.47. The molecule has 0 aliphatic heterocycles. The molecule has 0 aliphatic carbocycles. The summed E-state index contributed by atoms with van der Waals surface area (Å²) in [6.07, 6.45) is 8.70. The number of aromatic nitrogens is 7. The Kier molecular flexibility index (Phi) is 4.95. The molecule has 0 amide bonds. The van der Waals surface area contributed by atoms with E-state index < -0.39 is 0 Å². The van der Waals surface area contributed by atoms with Crippen molar-refractivity contribution in [1.82, 2.24) is 35.1 Å². The number of benzene rings is 1. The van der Waals surface area contributed by atoms with E-state index in [0.29, 0.717) is 45.4 Å². The van der Waals surface area contributed by atoms with E-state index in [0.717, 1.165) is 22.2 Å². The van der Waals surface area contributed by atoms with Gasteiger partial charge in [-0.25, -0.2) is 14.4 Å². The molecule has 0 fully saturated rings. The minimum absolute atomic E-state index is 0.296. The van der Waals surface area contributed by atoms with Crippen molar-refractivity contribution >= 4 is 27.8 Å². The van der Waals surface area contributed by atoms with Gasteiger partial charge in [0.15, 0.2) is 11.5 Å². The van der Waals surface area contributed by atoms with Crippen LogP contribution >= 0.6 is 0 Å². The third-order valence-corrected chi connectivity index (χ3v) is 5.73. The lowest BCUT2D eigenvalue weighted by Gasteiger charge is -2.10. The normalized spacial score (nSPS) is 11.5. The smallest absolute Gasteiger partial charge is 0.159 e. The van der Waals surface area contributed by atoms with Crippen LogP contribution in [0.15, 0.2) is 67.4 Å². The Morgan fingerprint density at radius 1 is 0.914 bits per heavy atom. The molecule has 3 N–H and O–H groups in total. The lowest BCUT2D eigenvalue weighted by Crippen LogP contribution is -2.09. The van der Waals surface area contributed by atoms with Crippen molar-refractivity contribution in [1.29, 1.82) is 0 Å². The Labute approximate surface area is 199 Å². The summed E-state index contributed by atoms with van der Waals surface area (Å²) in [4.78, 5) is 21.3. The Balaban J connectivity index is 1.46. The highest BCUT2D eigenvalue weighted by Crippen LogP contribution is 2.33. The molecular formula is C26H21FN8. The van der Waals surface area contributed by atoms with Gasteiger partial charge in [-0.1, -0.05) is 18.2 Å². The SMILES string of the molecule is CC(C)Nc1cncc(-c2cnc3[nH]nc(-c4nc5c(-c6ccccc6F)cncc5[nH]4)c3c2)c1. The Morgan fingerprint density at radius 3 is 2.60 bits per heavy atom. The minimum Gasteiger partial charge on any atom is -0.382 e. The molecule has 6 aromatic rings. The van der Waals surface area contributed by atoms with E-state index >= 15 is 0 Å². The van der Waals surface area contributed by atoms with Gasteiger partial charge in [-0.2, -0.15) is 5.10 Å². The van der Waals surface area contributed by atoms with Crippen LogP contribution in [0, 0.1) is 5.82 Å². The fraction of sp³-hybridized carbons (Fsp3) is 0.115. The van der Waals surface area contributed by atoms with E-state index in [1.807, 2.05) is 18.3 Å². The maximum absolute atomic E-state index is 14.5. The Bertz CT molecular complexity index is 1680. The molecule has 6 rings (SSSR count). The van der Waals surface area contributed by atoms with Gasteiger partial charge in [0.1, 0.15) is 17.0 Å². The van der Waals surface area contributed by atoms with Gasteiger partial charge in [0.2, 0.25) is 0 Å². The number of nitrogens with zero attached hydrogens (tertiary/aromatic N) is 5. The van der Waals surface area contributed by atoms with Crippen LogP contribution in [0.1, 0.15) is 13.8 Å². The van der Waals surface area contributed by atoms with E-state index in [9.17, 15) is 4.39 Å². The number of fused-ring (bicyclic) bond motifs is 2. The van der Waals surface area contributed by atoms with Gasteiger partial charge < -0.3 is 10.3 Å². The molecule has 1 aromatic carbocycles. The first-order chi connectivity index (χ1) is 17.1. The molecule has 0 unspecified atom stereocenters. The summed E-state index contributed by atoms with van der Waals surface area (Å²) in [6.45, 7) is 4.16. The highest BCUT2D eigenvalue weighted by molar-refractivity contribution is 5.96. The van der Waals surface area contributed by atoms with Crippen molar-refractivity contribution in [2.75, 3.05) is 5.32 Å². The highest BCUT2D eigenvalue weighted by atomic mass is 19.1. The predicted molar refractivity (Wildman–Crippen MR) is 134 cm³/mol. The van der Waals surface area contributed by atoms with Crippen molar-refractivity contribution in [3.63, 3.8) is 0 Å². The van der Waals surface area contributed by atoms with Crippen LogP contribution in [-0.2, 0) is 0 Å². The number of H-pyrrole nitrogens is 2. The van der Waals surface area contributed by atoms with E-state index in [1.165, 1.54) is 6.07 Å². The number of halogens is 1. The van der Waals surface area contributed by atoms with Gasteiger partial charge in [-0.05, 0) is 32.0 Å². The molecule has 5 heterocycles. The van der Waals surface area contributed by atoms with Crippen LogP contribution in [0.3, 0.4) is 0 Å². The summed E-state index contributed by atoms with van der Waals surface area (Å²) in [7, 11) is 0. The first-order valence-electron chi connectivity index (χ1n) is 11.2. The van der Waals surface area contributed by atoms with Gasteiger partial charge in [-0.15, -0.1) is 0 Å². The molecule has 0 saturated carbocycles. The number of aromatic amines is 2. The van der Waals surface area contributed by atoms with Gasteiger partial charge in [0.05, 0.1) is 22.8 Å². The number of anilines is 1. The van der Waals surface area contributed by atoms with E-state index in [1.54, 1.807) is 43.0 Å². The van der Waals surface area contributed by atoms with E-state index in [-0.39, 0.29) is 5.82 Å². The highest BCUT2D eigenvalue weighted by Gasteiger charge is 2.18. The fourth-order valence-electron chi connectivity index (χ4n) is 4.17. The molecule has 5 aromatic heterocycles. The molecule has 0 aliphatic rings. The minimum atomic E-state index is -0.326. The average molecular weight is 465 g/mol. The van der Waals surface area contributed by atoms with Crippen molar-refractivity contribution in [2.24, 2.45) is 0 Å². The maximum atomic E-state index is 14.5. The summed E-state index contributed by atoms with van der Waals surface area (Å²) >= 11 is 0. The van der Waals surface area contributed by atoms with Crippen LogP contribution in [-0.4, -0.2) is 41.2 Å². The number of hydrogen-bond acceptors (Lipinski definition) is 6. The monoisotopic (exact) mass is 464 g/mol. The number of nitrogens with one attached hydrogen (secondary N) is 3. The summed E-state index contributed by atoms with van der Waals surface area (Å²) < 4.78 is 14.5. The van der Waals surface area contributed by atoms with Gasteiger partial charge in [-0.3, -0.25) is 15.1 Å². The molecule has 0 bridgehead atoms. The summed E-state index contributed by atoms with van der Waals surface area (Å²) in [5, 5.41) is 11.6. The second-order valence-electron chi connectivity index (χ2n) is 8.60. The molecule has 0 radical (unpaired) electrons. The Morgan fingerprint density at radius 2 is 1.74 bits per heavy atom. The standard InChI is InChI=1S/C26H21FN8/c1-14(2)31-17-7-15(9-28-11-17)16-8-19-24(34-35-25(19)30-10-16)26-32-22-13-29-12-20(23(22)33-26)18-5-3-4-6-21(18)27/h3-14,31H,1-2H3,(H,32,33)(H,30,34,35). The molecule has 9 heteroatoms. The second kappa shape index (κ2) is 8.28. The number of imidazole rings is 1. The van der Waals surface area contributed by atoms with Gasteiger partial charge >= 0.3 is 0 Å². The van der Waals surface area contributed by atoms with Crippen molar-refractivity contribution in [3.05, 3.63) is 73.2 Å². The zero-order chi connectivity index (χ0) is 23.9. The lowest BCUT2D eigenvalue weighted by atomic mass is 10.1. The Hall–Kier alpha value is -4.66. The first-order valence-corrected chi connectivity index (χ1v) is 11.2. The van der Waals surface area contributed by atoms with Gasteiger partial charge in [0.25, 0.3) is 0 Å². The molecule has 35 heavy (non-hydrogen) atoms. The van der Waals surface area contributed by atoms with Crippen LogP contribution in [0.4, 0.5) is 10.1 Å². The molecule has 0 atom stereocenters. The van der Waals surface area contributed by atoms with Crippen LogP contribution in [0.2, 0.25) is 0 Å². The van der Waals surface area contributed by atoms with Crippen LogP contribution in [0.25, 0.3) is 55.8 Å². The molecular weight excluding hydrogens is 443 g/mol. The van der Waals surface area contributed by atoms with Crippen molar-refractivity contribution < 1.29 is 4.39 Å². The third kappa shape index (κ3) is 3.76. The molecule has 8 nitrogen and oxygen atoms in total. The largest absolute Gasteiger partial charge is 0.382 e. The van der Waals surface area contributed by atoms with Crippen LogP contribution in [0.5, 0.6) is 0 Å². The summed E-state index contributed by atoms with van der Waals surface area (Å²) in [5.41, 5.74) is 6.42. The van der Waals surface area contributed by atoms with E-state index in [4.69, 9.17) is 4.98 Å². The summed E-state index contributed by atoms with van der Waals surface area (Å²) in [6, 6.07) is 11.0. The molecule has 0 saturated heterocycles. The third-order valence-electron chi connectivity index (χ3n) is 5.73. The first kappa shape index (κ1) is 20.9. The molecule has 0 spiro atoms. The van der Waals surface area contributed by atoms with E-state index in [2.05, 4.69) is 49.3 Å². The quantitative estimate of drug-likeness (QED) is 0.307. The zero-order valence-corrected chi connectivity index (χ0v) is 19.0. The number of pyridine rings is 3. The maximum Gasteiger partial charge on any atom is 0.159 e. The second-order valence-corrected chi connectivity index (χ2v) is 8.60.